The van der Waals surface area contributed by atoms with Crippen molar-refractivity contribution in [1.29, 1.82) is 0 Å². The standard InChI is InChI=1S/C2H6O2.ClH.Cu/c3-1-2-4;;/h3-4H,1-2H2;1H;. The van der Waals surface area contributed by atoms with Crippen LogP contribution in [-0.2, 0) is 17.1 Å². The second-order valence-electron chi connectivity index (χ2n) is 0.447. The van der Waals surface area contributed by atoms with Crippen molar-refractivity contribution in [3.63, 3.8) is 0 Å². The van der Waals surface area contributed by atoms with Crippen LogP contribution < -0.4 is 0 Å². The predicted molar refractivity (Wildman–Crippen MR) is 21.4 cm³/mol. The van der Waals surface area contributed by atoms with E-state index in [4.69, 9.17) is 10.2 Å². The van der Waals surface area contributed by atoms with E-state index in [1.807, 2.05) is 0 Å². The number of hydrogen-bond acceptors (Lipinski definition) is 2. The second-order valence-corrected chi connectivity index (χ2v) is 0.447. The Balaban J connectivity index is -0.0000000450. The molecule has 0 saturated carbocycles. The molecule has 0 rings (SSSR count). The number of rotatable bonds is 1. The van der Waals surface area contributed by atoms with Crippen LogP contribution in [0.5, 0.6) is 0 Å². The molecule has 0 heterocycles. The van der Waals surface area contributed by atoms with Crippen molar-refractivity contribution in [2.24, 2.45) is 0 Å². The summed E-state index contributed by atoms with van der Waals surface area (Å²) >= 11 is 0. The first-order valence-electron chi connectivity index (χ1n) is 1.13. The van der Waals surface area contributed by atoms with E-state index in [0.29, 0.717) is 0 Å². The minimum absolute atomic E-state index is 0. The van der Waals surface area contributed by atoms with Crippen LogP contribution in [0.2, 0.25) is 0 Å². The van der Waals surface area contributed by atoms with E-state index in [2.05, 4.69) is 0 Å². The average Bonchev–Trinajstić information content (AvgIpc) is 1.37. The quantitative estimate of drug-likeness (QED) is 0.505. The Morgan fingerprint density at radius 1 is 1.00 bits per heavy atom. The van der Waals surface area contributed by atoms with Crippen LogP contribution in [0.1, 0.15) is 0 Å². The number of hydrogen-bond donors (Lipinski definition) is 2. The number of aliphatic hydroxyl groups is 2. The molecule has 0 fully saturated rings. The molecule has 4 heteroatoms. The largest absolute Gasteiger partial charge is 0.394 e. The fourth-order valence-corrected chi connectivity index (χ4v) is 0. The summed E-state index contributed by atoms with van der Waals surface area (Å²) in [5.41, 5.74) is 0. The molecule has 0 aromatic carbocycles. The topological polar surface area (TPSA) is 40.5 Å². The number of aliphatic hydroxyl groups excluding tert-OH is 2. The zero-order valence-corrected chi connectivity index (χ0v) is 4.78. The van der Waals surface area contributed by atoms with E-state index in [0.717, 1.165) is 0 Å². The van der Waals surface area contributed by atoms with Gasteiger partial charge in [0.05, 0.1) is 13.2 Å². The maximum atomic E-state index is 7.62. The Morgan fingerprint density at radius 3 is 1.17 bits per heavy atom. The minimum Gasteiger partial charge on any atom is -0.394 e. The molecule has 1 radical (unpaired) electrons. The molecule has 0 atom stereocenters. The normalized spacial score (nSPS) is 5.00. The van der Waals surface area contributed by atoms with Crippen LogP contribution in [0.4, 0.5) is 0 Å². The molecule has 0 aromatic heterocycles. The van der Waals surface area contributed by atoms with Crippen LogP contribution >= 0.6 is 12.4 Å². The van der Waals surface area contributed by atoms with E-state index in [1.165, 1.54) is 0 Å². The van der Waals surface area contributed by atoms with Crippen LogP contribution in [0.25, 0.3) is 0 Å². The summed E-state index contributed by atoms with van der Waals surface area (Å²) in [5.74, 6) is 0. The maximum absolute atomic E-state index is 7.62. The summed E-state index contributed by atoms with van der Waals surface area (Å²) in [7, 11) is 0. The summed E-state index contributed by atoms with van der Waals surface area (Å²) in [6.45, 7) is -0.250. The SMILES string of the molecule is Cl.OCCO.[Cu]. The van der Waals surface area contributed by atoms with Crippen molar-refractivity contribution in [2.45, 2.75) is 0 Å². The van der Waals surface area contributed by atoms with Crippen molar-refractivity contribution < 1.29 is 27.3 Å². The molecule has 0 aliphatic rings. The molecular weight excluding hydrogens is 155 g/mol. The molecule has 0 aliphatic carbocycles. The molecule has 0 aliphatic heterocycles. The van der Waals surface area contributed by atoms with Crippen LogP contribution in [0.3, 0.4) is 0 Å². The van der Waals surface area contributed by atoms with Gasteiger partial charge in [-0.1, -0.05) is 0 Å². The molecular formula is C2H7ClCuO2. The molecule has 45 valence electrons. The van der Waals surface area contributed by atoms with Crippen LogP contribution in [0.15, 0.2) is 0 Å². The third-order valence-electron chi connectivity index (χ3n) is 0.1000. The van der Waals surface area contributed by atoms with Gasteiger partial charge in [0.15, 0.2) is 0 Å². The van der Waals surface area contributed by atoms with Gasteiger partial charge in [-0.05, 0) is 0 Å². The van der Waals surface area contributed by atoms with E-state index >= 15 is 0 Å². The maximum Gasteiger partial charge on any atom is 0.0662 e. The first-order valence-corrected chi connectivity index (χ1v) is 1.13. The molecule has 0 aromatic rings. The molecule has 2 N–H and O–H groups in total. The summed E-state index contributed by atoms with van der Waals surface area (Å²) in [5, 5.41) is 15.2. The summed E-state index contributed by atoms with van der Waals surface area (Å²) < 4.78 is 0. The smallest absolute Gasteiger partial charge is 0.0662 e. The Labute approximate surface area is 53.4 Å². The van der Waals surface area contributed by atoms with Crippen molar-refractivity contribution in [3.8, 4) is 0 Å². The van der Waals surface area contributed by atoms with Gasteiger partial charge in [0.1, 0.15) is 0 Å². The molecule has 0 spiro atoms. The van der Waals surface area contributed by atoms with Gasteiger partial charge in [0.25, 0.3) is 0 Å². The van der Waals surface area contributed by atoms with E-state index in [9.17, 15) is 0 Å². The Hall–Kier alpha value is 0.729. The van der Waals surface area contributed by atoms with Gasteiger partial charge in [-0.15, -0.1) is 12.4 Å². The van der Waals surface area contributed by atoms with Gasteiger partial charge in [0, 0.05) is 17.1 Å². The third-order valence-corrected chi connectivity index (χ3v) is 0.1000. The van der Waals surface area contributed by atoms with Crippen molar-refractivity contribution >= 4 is 12.4 Å². The first-order chi connectivity index (χ1) is 1.91. The van der Waals surface area contributed by atoms with Crippen LogP contribution in [0, 0.1) is 0 Å². The second kappa shape index (κ2) is 17.2. The van der Waals surface area contributed by atoms with Gasteiger partial charge in [-0.2, -0.15) is 0 Å². The van der Waals surface area contributed by atoms with Gasteiger partial charge >= 0.3 is 0 Å². The van der Waals surface area contributed by atoms with Gasteiger partial charge in [-0.25, -0.2) is 0 Å². The zero-order valence-electron chi connectivity index (χ0n) is 3.02. The van der Waals surface area contributed by atoms with E-state index in [1.54, 1.807) is 0 Å². The Morgan fingerprint density at radius 2 is 1.17 bits per heavy atom. The summed E-state index contributed by atoms with van der Waals surface area (Å²) in [6.07, 6.45) is 0. The monoisotopic (exact) mass is 161 g/mol. The van der Waals surface area contributed by atoms with E-state index in [-0.39, 0.29) is 42.7 Å². The van der Waals surface area contributed by atoms with Crippen molar-refractivity contribution in [3.05, 3.63) is 0 Å². The van der Waals surface area contributed by atoms with Crippen molar-refractivity contribution in [1.82, 2.24) is 0 Å². The van der Waals surface area contributed by atoms with Crippen molar-refractivity contribution in [2.75, 3.05) is 13.2 Å². The molecule has 0 amide bonds. The van der Waals surface area contributed by atoms with Gasteiger partial charge in [0.2, 0.25) is 0 Å². The van der Waals surface area contributed by atoms with Crippen LogP contribution in [-0.4, -0.2) is 23.4 Å². The first kappa shape index (κ1) is 15.9. The predicted octanol–water partition coefficient (Wildman–Crippen LogP) is -0.610. The zero-order chi connectivity index (χ0) is 3.41. The number of halogens is 1. The molecule has 6 heavy (non-hydrogen) atoms. The van der Waals surface area contributed by atoms with E-state index < -0.39 is 0 Å². The molecule has 0 bridgehead atoms. The average molecular weight is 162 g/mol. The summed E-state index contributed by atoms with van der Waals surface area (Å²) in [4.78, 5) is 0. The third kappa shape index (κ3) is 22.0. The fourth-order valence-electron chi connectivity index (χ4n) is 0. The molecule has 0 unspecified atom stereocenters. The molecule has 2 nitrogen and oxygen atoms in total. The Bertz CT molecular complexity index is 13.5. The summed E-state index contributed by atoms with van der Waals surface area (Å²) in [6, 6.07) is 0. The Kier molecular flexibility index (Phi) is 45.5. The fraction of sp³-hybridized carbons (Fsp3) is 1.00. The van der Waals surface area contributed by atoms with Gasteiger partial charge < -0.3 is 10.2 Å². The van der Waals surface area contributed by atoms with Gasteiger partial charge in [-0.3, -0.25) is 0 Å². The minimum atomic E-state index is -0.125. The molecule has 0 saturated heterocycles.